The normalized spacial score (nSPS) is 16.3. The van der Waals surface area contributed by atoms with Gasteiger partial charge in [0.15, 0.2) is 11.5 Å². The van der Waals surface area contributed by atoms with Gasteiger partial charge in [-0.05, 0) is 73.1 Å². The molecule has 1 unspecified atom stereocenters. The SMILES string of the molecule is CC(NC(=O)/C=C/c1ccc2c(c1)OCO2)c1ccc2c(c1)CCCC2. The Kier molecular flexibility index (Phi) is 4.65. The summed E-state index contributed by atoms with van der Waals surface area (Å²) in [4.78, 5) is 12.3. The average molecular weight is 349 g/mol. The second-order valence-corrected chi connectivity index (χ2v) is 6.91. The van der Waals surface area contributed by atoms with Gasteiger partial charge in [-0.1, -0.05) is 24.3 Å². The van der Waals surface area contributed by atoms with E-state index in [0.29, 0.717) is 0 Å². The van der Waals surface area contributed by atoms with Gasteiger partial charge in [-0.15, -0.1) is 0 Å². The van der Waals surface area contributed by atoms with Crippen molar-refractivity contribution in [1.29, 1.82) is 0 Å². The topological polar surface area (TPSA) is 47.6 Å². The molecule has 2 aliphatic rings. The number of carbonyl (C=O) groups is 1. The molecule has 4 heteroatoms. The Labute approximate surface area is 153 Å². The molecule has 134 valence electrons. The molecule has 1 atom stereocenters. The van der Waals surface area contributed by atoms with Crippen molar-refractivity contribution in [3.8, 4) is 11.5 Å². The first-order valence-corrected chi connectivity index (χ1v) is 9.19. The van der Waals surface area contributed by atoms with E-state index in [4.69, 9.17) is 9.47 Å². The lowest BCUT2D eigenvalue weighted by Gasteiger charge is -2.19. The Balaban J connectivity index is 1.39. The van der Waals surface area contributed by atoms with Crippen LogP contribution in [0.4, 0.5) is 0 Å². The van der Waals surface area contributed by atoms with Crippen LogP contribution in [0.15, 0.2) is 42.5 Å². The van der Waals surface area contributed by atoms with Gasteiger partial charge in [0.25, 0.3) is 0 Å². The summed E-state index contributed by atoms with van der Waals surface area (Å²) in [6.45, 7) is 2.28. The fraction of sp³-hybridized carbons (Fsp3) is 0.318. The predicted octanol–water partition coefficient (Wildman–Crippen LogP) is 4.18. The molecule has 0 saturated heterocycles. The van der Waals surface area contributed by atoms with Gasteiger partial charge < -0.3 is 14.8 Å². The van der Waals surface area contributed by atoms with E-state index in [2.05, 4.69) is 23.5 Å². The Morgan fingerprint density at radius 2 is 1.85 bits per heavy atom. The number of rotatable bonds is 4. The largest absolute Gasteiger partial charge is 0.454 e. The third-order valence-corrected chi connectivity index (χ3v) is 5.06. The molecule has 1 aliphatic heterocycles. The van der Waals surface area contributed by atoms with Crippen LogP contribution in [-0.4, -0.2) is 12.7 Å². The van der Waals surface area contributed by atoms with Gasteiger partial charge in [-0.25, -0.2) is 0 Å². The number of amides is 1. The Morgan fingerprint density at radius 1 is 1.04 bits per heavy atom. The third kappa shape index (κ3) is 3.59. The minimum atomic E-state index is -0.104. The van der Waals surface area contributed by atoms with Gasteiger partial charge in [0, 0.05) is 6.08 Å². The summed E-state index contributed by atoms with van der Waals surface area (Å²) in [6, 6.07) is 12.2. The van der Waals surface area contributed by atoms with Gasteiger partial charge in [-0.2, -0.15) is 0 Å². The number of fused-ring (bicyclic) bond motifs is 2. The first-order valence-electron chi connectivity index (χ1n) is 9.19. The molecule has 1 heterocycles. The fourth-order valence-corrected chi connectivity index (χ4v) is 3.56. The quantitative estimate of drug-likeness (QED) is 0.842. The average Bonchev–Trinajstić information content (AvgIpc) is 3.13. The summed E-state index contributed by atoms with van der Waals surface area (Å²) in [5.74, 6) is 1.36. The molecule has 0 fully saturated rings. The van der Waals surface area contributed by atoms with Crippen LogP contribution in [0.5, 0.6) is 11.5 Å². The van der Waals surface area contributed by atoms with Crippen molar-refractivity contribution in [3.63, 3.8) is 0 Å². The molecule has 0 saturated carbocycles. The van der Waals surface area contributed by atoms with Gasteiger partial charge >= 0.3 is 0 Å². The molecule has 1 aliphatic carbocycles. The lowest BCUT2D eigenvalue weighted by molar-refractivity contribution is -0.117. The minimum Gasteiger partial charge on any atom is -0.454 e. The lowest BCUT2D eigenvalue weighted by atomic mass is 9.89. The predicted molar refractivity (Wildman–Crippen MR) is 101 cm³/mol. The van der Waals surface area contributed by atoms with Crippen molar-refractivity contribution in [3.05, 3.63) is 64.7 Å². The molecule has 1 N–H and O–H groups in total. The summed E-state index contributed by atoms with van der Waals surface area (Å²) in [7, 11) is 0. The molecule has 4 nitrogen and oxygen atoms in total. The van der Waals surface area contributed by atoms with Crippen molar-refractivity contribution < 1.29 is 14.3 Å². The smallest absolute Gasteiger partial charge is 0.244 e. The lowest BCUT2D eigenvalue weighted by Crippen LogP contribution is -2.24. The van der Waals surface area contributed by atoms with E-state index in [-0.39, 0.29) is 18.7 Å². The standard InChI is InChI=1S/C22H23NO3/c1-15(18-9-8-17-4-2-3-5-19(17)13-18)23-22(24)11-7-16-6-10-20-21(12-16)26-14-25-20/h6-13,15H,2-5,14H2,1H3,(H,23,24)/b11-7+. The number of benzene rings is 2. The van der Waals surface area contributed by atoms with Gasteiger partial charge in [0.05, 0.1) is 6.04 Å². The maximum atomic E-state index is 12.3. The van der Waals surface area contributed by atoms with Gasteiger partial charge in [0.1, 0.15) is 0 Å². The summed E-state index contributed by atoms with van der Waals surface area (Å²) >= 11 is 0. The van der Waals surface area contributed by atoms with E-state index < -0.39 is 0 Å². The summed E-state index contributed by atoms with van der Waals surface area (Å²) in [6.07, 6.45) is 8.21. The maximum absolute atomic E-state index is 12.3. The van der Waals surface area contributed by atoms with Crippen molar-refractivity contribution in [1.82, 2.24) is 5.32 Å². The fourth-order valence-electron chi connectivity index (χ4n) is 3.56. The van der Waals surface area contributed by atoms with E-state index in [0.717, 1.165) is 29.0 Å². The molecule has 4 rings (SSSR count). The van der Waals surface area contributed by atoms with Crippen LogP contribution in [0.25, 0.3) is 6.08 Å². The van der Waals surface area contributed by atoms with Crippen molar-refractivity contribution >= 4 is 12.0 Å². The van der Waals surface area contributed by atoms with Crippen LogP contribution < -0.4 is 14.8 Å². The van der Waals surface area contributed by atoms with Gasteiger partial charge in [0.2, 0.25) is 12.7 Å². The first-order chi connectivity index (χ1) is 12.7. The van der Waals surface area contributed by atoms with E-state index in [1.165, 1.54) is 30.4 Å². The minimum absolute atomic E-state index is 0.0175. The van der Waals surface area contributed by atoms with Crippen LogP contribution in [0, 0.1) is 0 Å². The Hall–Kier alpha value is -2.75. The zero-order chi connectivity index (χ0) is 17.9. The second-order valence-electron chi connectivity index (χ2n) is 6.91. The van der Waals surface area contributed by atoms with E-state index in [9.17, 15) is 4.79 Å². The Morgan fingerprint density at radius 3 is 2.73 bits per heavy atom. The van der Waals surface area contributed by atoms with Gasteiger partial charge in [-0.3, -0.25) is 4.79 Å². The number of nitrogens with one attached hydrogen (secondary N) is 1. The van der Waals surface area contributed by atoms with Crippen LogP contribution in [-0.2, 0) is 17.6 Å². The monoisotopic (exact) mass is 349 g/mol. The summed E-state index contributed by atoms with van der Waals surface area (Å²) in [5, 5.41) is 3.04. The zero-order valence-corrected chi connectivity index (χ0v) is 15.0. The van der Waals surface area contributed by atoms with E-state index in [1.54, 1.807) is 12.2 Å². The van der Waals surface area contributed by atoms with Crippen molar-refractivity contribution in [2.24, 2.45) is 0 Å². The number of hydrogen-bond donors (Lipinski definition) is 1. The maximum Gasteiger partial charge on any atom is 0.244 e. The highest BCUT2D eigenvalue weighted by Gasteiger charge is 2.14. The van der Waals surface area contributed by atoms with E-state index in [1.807, 2.05) is 25.1 Å². The van der Waals surface area contributed by atoms with E-state index >= 15 is 0 Å². The molecular formula is C22H23NO3. The number of carbonyl (C=O) groups excluding carboxylic acids is 1. The van der Waals surface area contributed by atoms with Crippen LogP contribution in [0.2, 0.25) is 0 Å². The number of hydrogen-bond acceptors (Lipinski definition) is 3. The molecule has 1 amide bonds. The molecular weight excluding hydrogens is 326 g/mol. The highest BCUT2D eigenvalue weighted by Crippen LogP contribution is 2.32. The third-order valence-electron chi connectivity index (χ3n) is 5.06. The highest BCUT2D eigenvalue weighted by atomic mass is 16.7. The van der Waals surface area contributed by atoms with Crippen molar-refractivity contribution in [2.45, 2.75) is 38.6 Å². The molecule has 0 aromatic heterocycles. The highest BCUT2D eigenvalue weighted by molar-refractivity contribution is 5.92. The Bertz CT molecular complexity index is 856. The number of ether oxygens (including phenoxy) is 2. The first kappa shape index (κ1) is 16.7. The molecule has 0 radical (unpaired) electrons. The van der Waals surface area contributed by atoms with Crippen LogP contribution in [0.1, 0.15) is 48.1 Å². The van der Waals surface area contributed by atoms with Crippen molar-refractivity contribution in [2.75, 3.05) is 6.79 Å². The summed E-state index contributed by atoms with van der Waals surface area (Å²) in [5.41, 5.74) is 4.97. The van der Waals surface area contributed by atoms with Crippen LogP contribution in [0.3, 0.4) is 0 Å². The number of aryl methyl sites for hydroxylation is 2. The van der Waals surface area contributed by atoms with Crippen LogP contribution >= 0.6 is 0 Å². The molecule has 2 aromatic rings. The second kappa shape index (κ2) is 7.24. The summed E-state index contributed by atoms with van der Waals surface area (Å²) < 4.78 is 10.7. The molecule has 0 bridgehead atoms. The molecule has 0 spiro atoms. The molecule has 26 heavy (non-hydrogen) atoms. The molecule has 2 aromatic carbocycles. The zero-order valence-electron chi connectivity index (χ0n) is 15.0.